The van der Waals surface area contributed by atoms with Gasteiger partial charge in [0.25, 0.3) is 5.19 Å². The molecule has 0 saturated heterocycles. The van der Waals surface area contributed by atoms with E-state index in [0.29, 0.717) is 5.19 Å². The van der Waals surface area contributed by atoms with Crippen molar-refractivity contribution < 1.29 is 4.74 Å². The molecular formula is C30H31N5OS. The average molecular weight is 510 g/mol. The number of nitrogens with one attached hydrogen (secondary N) is 1. The molecular weight excluding hydrogens is 478 g/mol. The van der Waals surface area contributed by atoms with Crippen LogP contribution in [0, 0.1) is 5.92 Å². The van der Waals surface area contributed by atoms with Gasteiger partial charge in [-0.05, 0) is 68.0 Å². The highest BCUT2D eigenvalue weighted by atomic mass is 32.1. The van der Waals surface area contributed by atoms with Crippen LogP contribution in [0.4, 0.5) is 0 Å². The second kappa shape index (κ2) is 11.2. The molecule has 2 heterocycles. The van der Waals surface area contributed by atoms with Crippen molar-refractivity contribution in [2.24, 2.45) is 5.92 Å². The maximum atomic E-state index is 6.01. The van der Waals surface area contributed by atoms with Gasteiger partial charge in [-0.2, -0.15) is 5.10 Å². The molecule has 6 nitrogen and oxygen atoms in total. The number of hydrogen-bond donors (Lipinski definition) is 1. The van der Waals surface area contributed by atoms with Gasteiger partial charge in [-0.1, -0.05) is 65.9 Å². The van der Waals surface area contributed by atoms with Gasteiger partial charge >= 0.3 is 0 Å². The van der Waals surface area contributed by atoms with Gasteiger partial charge in [-0.15, -0.1) is 0 Å². The number of ether oxygens (including phenoxy) is 1. The number of thiazole rings is 1. The summed E-state index contributed by atoms with van der Waals surface area (Å²) in [6.45, 7) is 3.35. The number of aromatic nitrogens is 4. The normalized spacial score (nSPS) is 13.4. The maximum absolute atomic E-state index is 6.01. The molecule has 0 bridgehead atoms. The monoisotopic (exact) mass is 509 g/mol. The smallest absolute Gasteiger partial charge is 0.279 e. The Bertz CT molecular complexity index is 1390. The third kappa shape index (κ3) is 6.42. The van der Waals surface area contributed by atoms with Crippen LogP contribution in [-0.2, 0) is 12.8 Å². The summed E-state index contributed by atoms with van der Waals surface area (Å²) in [5.41, 5.74) is 3.37. The Morgan fingerprint density at radius 1 is 0.865 bits per heavy atom. The van der Waals surface area contributed by atoms with Gasteiger partial charge in [-0.25, -0.2) is 9.97 Å². The minimum atomic E-state index is 0.687. The summed E-state index contributed by atoms with van der Waals surface area (Å²) in [5.74, 6) is 3.45. The number of rotatable bonds is 12. The van der Waals surface area contributed by atoms with Crippen LogP contribution in [0.3, 0.4) is 0 Å². The molecule has 1 N–H and O–H groups in total. The number of H-pyrrole nitrogens is 1. The predicted octanol–water partition coefficient (Wildman–Crippen LogP) is 6.76. The Kier molecular flexibility index (Phi) is 7.23. The van der Waals surface area contributed by atoms with Crippen molar-refractivity contribution in [3.63, 3.8) is 0 Å². The van der Waals surface area contributed by atoms with E-state index in [1.54, 1.807) is 11.3 Å². The summed E-state index contributed by atoms with van der Waals surface area (Å²) in [7, 11) is 0. The van der Waals surface area contributed by atoms with Crippen LogP contribution in [0.5, 0.6) is 10.9 Å². The third-order valence-corrected chi connectivity index (χ3v) is 7.70. The van der Waals surface area contributed by atoms with E-state index in [2.05, 4.69) is 50.4 Å². The fourth-order valence-corrected chi connectivity index (χ4v) is 5.40. The molecule has 0 aliphatic heterocycles. The number of hydrogen-bond acceptors (Lipinski definition) is 6. The van der Waals surface area contributed by atoms with Crippen molar-refractivity contribution in [2.45, 2.75) is 32.1 Å². The van der Waals surface area contributed by atoms with Crippen molar-refractivity contribution in [2.75, 3.05) is 19.6 Å². The SMILES string of the molecule is c1ccc(-c2n[nH]c(CCCN(CCc3ccc(Oc4nc5ccccc5s4)cc3)CC3CC3)n2)cc1. The van der Waals surface area contributed by atoms with Gasteiger partial charge in [0.05, 0.1) is 10.2 Å². The fraction of sp³-hybridized carbons (Fsp3) is 0.300. The van der Waals surface area contributed by atoms with Crippen LogP contribution in [0.15, 0.2) is 78.9 Å². The predicted molar refractivity (Wildman–Crippen MR) is 149 cm³/mol. The molecule has 7 heteroatoms. The Balaban J connectivity index is 0.996. The van der Waals surface area contributed by atoms with Gasteiger partial charge in [0.1, 0.15) is 11.6 Å². The van der Waals surface area contributed by atoms with E-state index in [1.165, 1.54) is 24.9 Å². The van der Waals surface area contributed by atoms with E-state index in [0.717, 1.165) is 71.4 Å². The summed E-state index contributed by atoms with van der Waals surface area (Å²) in [4.78, 5) is 11.9. The standard InChI is InChI=1S/C30H31N5OS/c1-2-7-24(8-3-1)29-32-28(33-34-29)11-6-19-35(21-23-12-13-23)20-18-22-14-16-25(17-15-22)36-30-31-26-9-4-5-10-27(26)37-30/h1-5,7-10,14-17,23H,6,11-13,18-21H2,(H,32,33,34). The van der Waals surface area contributed by atoms with E-state index in [1.807, 2.05) is 48.5 Å². The van der Waals surface area contributed by atoms with E-state index in [-0.39, 0.29) is 0 Å². The largest absolute Gasteiger partial charge is 0.431 e. The van der Waals surface area contributed by atoms with Gasteiger partial charge < -0.3 is 9.64 Å². The second-order valence-corrected chi connectivity index (χ2v) is 10.8. The molecule has 5 aromatic rings. The van der Waals surface area contributed by atoms with Crippen LogP contribution in [0.1, 0.15) is 30.7 Å². The summed E-state index contributed by atoms with van der Waals surface area (Å²) in [6, 6.07) is 26.7. The topological polar surface area (TPSA) is 66.9 Å². The fourth-order valence-electron chi connectivity index (χ4n) is 4.56. The minimum Gasteiger partial charge on any atom is -0.431 e. The zero-order valence-corrected chi connectivity index (χ0v) is 21.7. The number of para-hydroxylation sites is 1. The molecule has 1 fully saturated rings. The van der Waals surface area contributed by atoms with Crippen molar-refractivity contribution in [1.29, 1.82) is 0 Å². The quantitative estimate of drug-likeness (QED) is 0.201. The zero-order chi connectivity index (χ0) is 24.9. The van der Waals surface area contributed by atoms with Crippen LogP contribution >= 0.6 is 11.3 Å². The highest BCUT2D eigenvalue weighted by Gasteiger charge is 2.24. The van der Waals surface area contributed by atoms with E-state index < -0.39 is 0 Å². The molecule has 0 spiro atoms. The first-order valence-electron chi connectivity index (χ1n) is 13.1. The highest BCUT2D eigenvalue weighted by molar-refractivity contribution is 7.20. The van der Waals surface area contributed by atoms with Gasteiger partial charge in [-0.3, -0.25) is 5.10 Å². The molecule has 0 radical (unpaired) electrons. The Labute approximate surface area is 221 Å². The van der Waals surface area contributed by atoms with Crippen molar-refractivity contribution in [3.05, 3.63) is 90.3 Å². The molecule has 1 aliphatic rings. The maximum Gasteiger partial charge on any atom is 0.279 e. The number of fused-ring (bicyclic) bond motifs is 1. The Morgan fingerprint density at radius 3 is 2.49 bits per heavy atom. The highest BCUT2D eigenvalue weighted by Crippen LogP contribution is 2.32. The van der Waals surface area contributed by atoms with Crippen LogP contribution in [0.25, 0.3) is 21.6 Å². The first kappa shape index (κ1) is 23.8. The van der Waals surface area contributed by atoms with Gasteiger partial charge in [0, 0.05) is 25.1 Å². The number of aryl methyl sites for hydroxylation is 1. The third-order valence-electron chi connectivity index (χ3n) is 6.78. The molecule has 0 unspecified atom stereocenters. The molecule has 0 atom stereocenters. The summed E-state index contributed by atoms with van der Waals surface area (Å²) in [6.07, 6.45) is 5.77. The van der Waals surface area contributed by atoms with Gasteiger partial charge in [0.2, 0.25) is 0 Å². The van der Waals surface area contributed by atoms with Crippen LogP contribution in [-0.4, -0.2) is 44.7 Å². The molecule has 6 rings (SSSR count). The Morgan fingerprint density at radius 2 is 1.68 bits per heavy atom. The first-order chi connectivity index (χ1) is 18.3. The van der Waals surface area contributed by atoms with Crippen molar-refractivity contribution >= 4 is 21.6 Å². The van der Waals surface area contributed by atoms with Crippen molar-refractivity contribution in [3.8, 4) is 22.3 Å². The molecule has 188 valence electrons. The molecule has 2 aromatic heterocycles. The first-order valence-corrected chi connectivity index (χ1v) is 13.9. The summed E-state index contributed by atoms with van der Waals surface area (Å²) in [5, 5.41) is 8.21. The molecule has 3 aromatic carbocycles. The average Bonchev–Trinajstić information content (AvgIpc) is 3.46. The minimum absolute atomic E-state index is 0.687. The zero-order valence-electron chi connectivity index (χ0n) is 20.8. The van der Waals surface area contributed by atoms with E-state index in [9.17, 15) is 0 Å². The lowest BCUT2D eigenvalue weighted by Crippen LogP contribution is -2.29. The lowest BCUT2D eigenvalue weighted by molar-refractivity contribution is 0.262. The lowest BCUT2D eigenvalue weighted by Gasteiger charge is -2.22. The Hall–Kier alpha value is -3.55. The second-order valence-electron chi connectivity index (χ2n) is 9.76. The van der Waals surface area contributed by atoms with Gasteiger partial charge in [0.15, 0.2) is 5.82 Å². The van der Waals surface area contributed by atoms with E-state index in [4.69, 9.17) is 9.72 Å². The lowest BCUT2D eigenvalue weighted by atomic mass is 10.1. The number of aromatic amines is 1. The molecule has 37 heavy (non-hydrogen) atoms. The molecule has 1 aliphatic carbocycles. The van der Waals surface area contributed by atoms with Crippen molar-refractivity contribution in [1.82, 2.24) is 25.1 Å². The number of nitrogens with zero attached hydrogens (tertiary/aromatic N) is 4. The summed E-state index contributed by atoms with van der Waals surface area (Å²) >= 11 is 1.58. The van der Waals surface area contributed by atoms with E-state index >= 15 is 0 Å². The molecule has 1 saturated carbocycles. The molecule has 0 amide bonds. The summed E-state index contributed by atoms with van der Waals surface area (Å²) < 4.78 is 7.16. The van der Waals surface area contributed by atoms with Crippen LogP contribution in [0.2, 0.25) is 0 Å². The van der Waals surface area contributed by atoms with Crippen LogP contribution < -0.4 is 4.74 Å². The number of benzene rings is 3.